The van der Waals surface area contributed by atoms with Gasteiger partial charge in [-0.3, -0.25) is 0 Å². The molecule has 0 bridgehead atoms. The number of nitrogens with one attached hydrogen (secondary N) is 2. The predicted octanol–water partition coefficient (Wildman–Crippen LogP) is 4.04. The highest BCUT2D eigenvalue weighted by molar-refractivity contribution is 5.91. The second-order valence-corrected chi connectivity index (χ2v) is 5.85. The summed E-state index contributed by atoms with van der Waals surface area (Å²) in [6.07, 6.45) is 0.649. The zero-order chi connectivity index (χ0) is 16.7. The first-order chi connectivity index (χ1) is 11.6. The van der Waals surface area contributed by atoms with Gasteiger partial charge in [-0.05, 0) is 30.3 Å². The highest BCUT2D eigenvalue weighted by Gasteiger charge is 2.24. The Bertz CT molecular complexity index is 935. The average Bonchev–Trinajstić information content (AvgIpc) is 2.94. The highest BCUT2D eigenvalue weighted by atomic mass is 19.1. The number of H-pyrrole nitrogens is 1. The van der Waals surface area contributed by atoms with Crippen molar-refractivity contribution in [3.63, 3.8) is 0 Å². The van der Waals surface area contributed by atoms with E-state index in [1.807, 2.05) is 0 Å². The topological polar surface area (TPSA) is 48.1 Å². The lowest BCUT2D eigenvalue weighted by molar-refractivity contribution is 0.206. The lowest BCUT2D eigenvalue weighted by atomic mass is 10.0. The third-order valence-corrected chi connectivity index (χ3v) is 4.34. The zero-order valence-electron chi connectivity index (χ0n) is 12.8. The van der Waals surface area contributed by atoms with Crippen molar-refractivity contribution in [1.82, 2.24) is 9.88 Å². The molecule has 4 rings (SSSR count). The lowest BCUT2D eigenvalue weighted by Gasteiger charge is -2.27. The van der Waals surface area contributed by atoms with Gasteiger partial charge in [0, 0.05) is 41.7 Å². The van der Waals surface area contributed by atoms with Crippen LogP contribution in [0.25, 0.3) is 10.9 Å². The number of aromatic nitrogens is 1. The van der Waals surface area contributed by atoms with E-state index in [0.29, 0.717) is 19.5 Å². The van der Waals surface area contributed by atoms with Crippen molar-refractivity contribution in [1.29, 1.82) is 0 Å². The van der Waals surface area contributed by atoms with Crippen LogP contribution in [0.15, 0.2) is 42.5 Å². The molecule has 2 heterocycles. The molecular weight excluding hydrogens is 312 g/mol. The van der Waals surface area contributed by atoms with Crippen LogP contribution in [0.1, 0.15) is 11.3 Å². The van der Waals surface area contributed by atoms with Gasteiger partial charge >= 0.3 is 6.03 Å². The summed E-state index contributed by atoms with van der Waals surface area (Å²) in [6.45, 7) is 0.877. The molecule has 24 heavy (non-hydrogen) atoms. The van der Waals surface area contributed by atoms with Gasteiger partial charge in [0.1, 0.15) is 11.6 Å². The molecule has 2 amide bonds. The van der Waals surface area contributed by atoms with Crippen LogP contribution in [-0.2, 0) is 13.0 Å². The Morgan fingerprint density at radius 1 is 1.17 bits per heavy atom. The van der Waals surface area contributed by atoms with Gasteiger partial charge in [0.15, 0.2) is 0 Å². The number of urea groups is 1. The lowest BCUT2D eigenvalue weighted by Crippen LogP contribution is -2.38. The number of fused-ring (bicyclic) bond motifs is 3. The van der Waals surface area contributed by atoms with Crippen molar-refractivity contribution in [2.24, 2.45) is 0 Å². The number of aromatic amines is 1. The molecule has 2 aromatic carbocycles. The largest absolute Gasteiger partial charge is 0.358 e. The summed E-state index contributed by atoms with van der Waals surface area (Å²) in [7, 11) is 0. The SMILES string of the molecule is O=C(Nc1ccccc1F)N1CCc2[nH]c3ccc(F)cc3c2C1. The van der Waals surface area contributed by atoms with E-state index >= 15 is 0 Å². The molecule has 0 radical (unpaired) electrons. The number of para-hydroxylation sites is 1. The van der Waals surface area contributed by atoms with Crippen LogP contribution in [-0.4, -0.2) is 22.5 Å². The van der Waals surface area contributed by atoms with Crippen molar-refractivity contribution >= 4 is 22.6 Å². The van der Waals surface area contributed by atoms with E-state index in [1.54, 1.807) is 23.1 Å². The highest BCUT2D eigenvalue weighted by Crippen LogP contribution is 2.28. The number of hydrogen-bond donors (Lipinski definition) is 2. The van der Waals surface area contributed by atoms with Gasteiger partial charge in [-0.15, -0.1) is 0 Å². The molecule has 4 nitrogen and oxygen atoms in total. The minimum atomic E-state index is -0.474. The average molecular weight is 327 g/mol. The molecule has 1 aliphatic rings. The number of benzene rings is 2. The number of amides is 2. The Morgan fingerprint density at radius 2 is 2.00 bits per heavy atom. The van der Waals surface area contributed by atoms with Gasteiger partial charge in [-0.25, -0.2) is 13.6 Å². The van der Waals surface area contributed by atoms with Crippen molar-refractivity contribution in [2.75, 3.05) is 11.9 Å². The summed E-state index contributed by atoms with van der Waals surface area (Å²) >= 11 is 0. The number of halogens is 2. The van der Waals surface area contributed by atoms with E-state index in [1.165, 1.54) is 24.3 Å². The zero-order valence-corrected chi connectivity index (χ0v) is 12.8. The monoisotopic (exact) mass is 327 g/mol. The van der Waals surface area contributed by atoms with E-state index < -0.39 is 5.82 Å². The fourth-order valence-corrected chi connectivity index (χ4v) is 3.12. The molecule has 2 N–H and O–H groups in total. The fraction of sp³-hybridized carbons (Fsp3) is 0.167. The maximum Gasteiger partial charge on any atom is 0.322 e. The van der Waals surface area contributed by atoms with Crippen LogP contribution in [0.3, 0.4) is 0 Å². The Kier molecular flexibility index (Phi) is 3.45. The van der Waals surface area contributed by atoms with E-state index in [4.69, 9.17) is 0 Å². The maximum atomic E-state index is 13.7. The van der Waals surface area contributed by atoms with Crippen molar-refractivity contribution < 1.29 is 13.6 Å². The summed E-state index contributed by atoms with van der Waals surface area (Å²) in [5, 5.41) is 3.38. The first-order valence-electron chi connectivity index (χ1n) is 7.71. The Morgan fingerprint density at radius 3 is 2.83 bits per heavy atom. The molecular formula is C18H15F2N3O. The Labute approximate surface area is 137 Å². The van der Waals surface area contributed by atoms with Crippen LogP contribution >= 0.6 is 0 Å². The summed E-state index contributed by atoms with van der Waals surface area (Å²) in [4.78, 5) is 17.3. The third kappa shape index (κ3) is 2.50. The number of carbonyl (C=O) groups is 1. The molecule has 0 saturated heterocycles. The molecule has 0 unspecified atom stereocenters. The van der Waals surface area contributed by atoms with Crippen molar-refractivity contribution in [3.05, 3.63) is 65.4 Å². The predicted molar refractivity (Wildman–Crippen MR) is 87.8 cm³/mol. The fourth-order valence-electron chi connectivity index (χ4n) is 3.12. The number of nitrogens with zero attached hydrogens (tertiary/aromatic N) is 1. The second kappa shape index (κ2) is 5.63. The summed E-state index contributed by atoms with van der Waals surface area (Å²) < 4.78 is 27.2. The number of hydrogen-bond acceptors (Lipinski definition) is 1. The van der Waals surface area contributed by atoms with Crippen LogP contribution in [0, 0.1) is 11.6 Å². The van der Waals surface area contributed by atoms with E-state index in [0.717, 1.165) is 22.2 Å². The molecule has 1 aliphatic heterocycles. The van der Waals surface area contributed by atoms with E-state index in [9.17, 15) is 13.6 Å². The van der Waals surface area contributed by atoms with E-state index in [2.05, 4.69) is 10.3 Å². The summed E-state index contributed by atoms with van der Waals surface area (Å²) in [6, 6.07) is 10.3. The van der Waals surface area contributed by atoms with Crippen molar-refractivity contribution in [3.8, 4) is 0 Å². The standard InChI is InChI=1S/C18H15F2N3O/c19-11-5-6-15-12(9-11)13-10-23(8-7-16(13)21-15)18(24)22-17-4-2-1-3-14(17)20/h1-6,9,21H,7-8,10H2,(H,22,24). The molecule has 6 heteroatoms. The first kappa shape index (κ1) is 14.7. The van der Waals surface area contributed by atoms with Crippen LogP contribution in [0.2, 0.25) is 0 Å². The van der Waals surface area contributed by atoms with Crippen LogP contribution < -0.4 is 5.32 Å². The van der Waals surface area contributed by atoms with Gasteiger partial charge in [0.2, 0.25) is 0 Å². The van der Waals surface area contributed by atoms with Gasteiger partial charge < -0.3 is 15.2 Å². The van der Waals surface area contributed by atoms with Gasteiger partial charge in [0.25, 0.3) is 0 Å². The Hall–Kier alpha value is -2.89. The molecule has 3 aromatic rings. The van der Waals surface area contributed by atoms with Crippen LogP contribution in [0.5, 0.6) is 0 Å². The van der Waals surface area contributed by atoms with E-state index in [-0.39, 0.29) is 17.5 Å². The molecule has 0 fully saturated rings. The number of carbonyl (C=O) groups excluding carboxylic acids is 1. The first-order valence-corrected chi connectivity index (χ1v) is 7.71. The van der Waals surface area contributed by atoms with Gasteiger partial charge in [0.05, 0.1) is 5.69 Å². The Balaban J connectivity index is 1.59. The van der Waals surface area contributed by atoms with Gasteiger partial charge in [-0.2, -0.15) is 0 Å². The molecule has 1 aromatic heterocycles. The second-order valence-electron chi connectivity index (χ2n) is 5.85. The maximum absolute atomic E-state index is 13.7. The van der Waals surface area contributed by atoms with Crippen molar-refractivity contribution in [2.45, 2.75) is 13.0 Å². The normalized spacial score (nSPS) is 13.8. The smallest absolute Gasteiger partial charge is 0.322 e. The molecule has 0 spiro atoms. The summed E-state index contributed by atoms with van der Waals surface area (Å²) in [5.41, 5.74) is 2.95. The minimum absolute atomic E-state index is 0.151. The molecule has 122 valence electrons. The van der Waals surface area contributed by atoms with Crippen LogP contribution in [0.4, 0.5) is 19.3 Å². The number of anilines is 1. The van der Waals surface area contributed by atoms with Gasteiger partial charge in [-0.1, -0.05) is 12.1 Å². The third-order valence-electron chi connectivity index (χ3n) is 4.34. The summed E-state index contributed by atoms with van der Waals surface area (Å²) in [5.74, 6) is -0.782. The molecule has 0 aliphatic carbocycles. The minimum Gasteiger partial charge on any atom is -0.358 e. The quantitative estimate of drug-likeness (QED) is 0.696. The number of rotatable bonds is 1. The molecule has 0 atom stereocenters. The molecule has 0 saturated carbocycles.